The molecule has 0 spiro atoms. The highest BCUT2D eigenvalue weighted by molar-refractivity contribution is 14.1. The molecule has 2 amide bonds. The van der Waals surface area contributed by atoms with Crippen molar-refractivity contribution in [1.82, 2.24) is 0 Å². The summed E-state index contributed by atoms with van der Waals surface area (Å²) in [4.78, 5) is 26.0. The number of nitrogens with one attached hydrogen (secondary N) is 1. The molecule has 1 heterocycles. The molecule has 4 nitrogen and oxygen atoms in total. The van der Waals surface area contributed by atoms with Crippen LogP contribution in [0.25, 0.3) is 0 Å². The number of nitrogens with zero attached hydrogens (tertiary/aromatic N) is 1. The van der Waals surface area contributed by atoms with Gasteiger partial charge in [0, 0.05) is 22.2 Å². The van der Waals surface area contributed by atoms with Crippen LogP contribution in [0.15, 0.2) is 42.5 Å². The van der Waals surface area contributed by atoms with Crippen LogP contribution in [0.3, 0.4) is 0 Å². The fraction of sp³-hybridized carbons (Fsp3) is 0.222. The first-order valence-corrected chi connectivity index (χ1v) is 8.65. The normalized spacial score (nSPS) is 17.2. The van der Waals surface area contributed by atoms with Gasteiger partial charge in [0.05, 0.1) is 11.6 Å². The third-order valence-corrected chi connectivity index (χ3v) is 4.76. The average Bonchev–Trinajstić information content (AvgIpc) is 2.92. The lowest BCUT2D eigenvalue weighted by atomic mass is 10.1. The van der Waals surface area contributed by atoms with Gasteiger partial charge >= 0.3 is 0 Å². The second kappa shape index (κ2) is 6.88. The first kappa shape index (κ1) is 16.9. The van der Waals surface area contributed by atoms with Gasteiger partial charge in [-0.25, -0.2) is 4.39 Å². The summed E-state index contributed by atoms with van der Waals surface area (Å²) in [5.41, 5.74) is 1.92. The zero-order valence-corrected chi connectivity index (χ0v) is 15.2. The van der Waals surface area contributed by atoms with Crippen LogP contribution in [0.5, 0.6) is 0 Å². The number of hydrogen-bond acceptors (Lipinski definition) is 2. The van der Waals surface area contributed by atoms with E-state index in [1.807, 2.05) is 25.1 Å². The van der Waals surface area contributed by atoms with Gasteiger partial charge in [-0.3, -0.25) is 9.59 Å². The fourth-order valence-electron chi connectivity index (χ4n) is 2.79. The van der Waals surface area contributed by atoms with E-state index < -0.39 is 11.7 Å². The Balaban J connectivity index is 1.73. The highest BCUT2D eigenvalue weighted by Gasteiger charge is 2.36. The maximum Gasteiger partial charge on any atom is 0.229 e. The smallest absolute Gasteiger partial charge is 0.229 e. The molecule has 0 aliphatic carbocycles. The number of halogens is 2. The number of hydrogen-bond donors (Lipinski definition) is 1. The Morgan fingerprint density at radius 1 is 1.29 bits per heavy atom. The van der Waals surface area contributed by atoms with Crippen molar-refractivity contribution in [3.05, 3.63) is 57.4 Å². The summed E-state index contributed by atoms with van der Waals surface area (Å²) < 4.78 is 15.0. The number of amides is 2. The largest absolute Gasteiger partial charge is 0.326 e. The minimum atomic E-state index is -0.490. The Hall–Kier alpha value is -1.96. The summed E-state index contributed by atoms with van der Waals surface area (Å²) >= 11 is 2.21. The monoisotopic (exact) mass is 438 g/mol. The maximum absolute atomic E-state index is 13.9. The SMILES string of the molecule is Cc1cc(I)ccc1NC(=O)C1CC(=O)N(c2ccccc2F)C1. The Morgan fingerprint density at radius 2 is 2.04 bits per heavy atom. The summed E-state index contributed by atoms with van der Waals surface area (Å²) in [6, 6.07) is 11.8. The van der Waals surface area contributed by atoms with Crippen LogP contribution < -0.4 is 10.2 Å². The zero-order chi connectivity index (χ0) is 17.3. The molecule has 1 aliphatic rings. The molecular formula is C18H16FIN2O2. The van der Waals surface area contributed by atoms with Gasteiger partial charge in [-0.1, -0.05) is 12.1 Å². The Kier molecular flexibility index (Phi) is 4.84. The van der Waals surface area contributed by atoms with E-state index in [1.165, 1.54) is 11.0 Å². The summed E-state index contributed by atoms with van der Waals surface area (Å²) in [7, 11) is 0. The van der Waals surface area contributed by atoms with Crippen LogP contribution >= 0.6 is 22.6 Å². The fourth-order valence-corrected chi connectivity index (χ4v) is 3.44. The highest BCUT2D eigenvalue weighted by Crippen LogP contribution is 2.28. The number of benzene rings is 2. The lowest BCUT2D eigenvalue weighted by molar-refractivity contribution is -0.122. The lowest BCUT2D eigenvalue weighted by Gasteiger charge is -2.17. The molecule has 0 aromatic heterocycles. The molecule has 1 atom stereocenters. The molecule has 3 rings (SSSR count). The van der Waals surface area contributed by atoms with Crippen LogP contribution in [0, 0.1) is 22.2 Å². The summed E-state index contributed by atoms with van der Waals surface area (Å²) in [6.07, 6.45) is 0.0869. The molecule has 2 aromatic carbocycles. The Labute approximate surface area is 153 Å². The first-order chi connectivity index (χ1) is 11.5. The van der Waals surface area contributed by atoms with Gasteiger partial charge in [0.15, 0.2) is 0 Å². The van der Waals surface area contributed by atoms with Crippen LogP contribution in [0.2, 0.25) is 0 Å². The highest BCUT2D eigenvalue weighted by atomic mass is 127. The van der Waals surface area contributed by atoms with Crippen molar-refractivity contribution in [2.24, 2.45) is 5.92 Å². The molecule has 0 saturated carbocycles. The molecule has 124 valence electrons. The molecular weight excluding hydrogens is 422 g/mol. The summed E-state index contributed by atoms with van der Waals surface area (Å²) in [6.45, 7) is 2.11. The molecule has 1 unspecified atom stereocenters. The van der Waals surface area contributed by atoms with E-state index in [-0.39, 0.29) is 30.5 Å². The molecule has 1 saturated heterocycles. The molecule has 2 aromatic rings. The van der Waals surface area contributed by atoms with Gasteiger partial charge < -0.3 is 10.2 Å². The van der Waals surface area contributed by atoms with Crippen LogP contribution in [0.1, 0.15) is 12.0 Å². The van der Waals surface area contributed by atoms with Crippen LogP contribution in [-0.4, -0.2) is 18.4 Å². The summed E-state index contributed by atoms with van der Waals surface area (Å²) in [5, 5.41) is 2.87. The van der Waals surface area contributed by atoms with E-state index in [4.69, 9.17) is 0 Å². The average molecular weight is 438 g/mol. The number of rotatable bonds is 3. The molecule has 0 bridgehead atoms. The maximum atomic E-state index is 13.9. The summed E-state index contributed by atoms with van der Waals surface area (Å²) in [5.74, 6) is -1.40. The number of aryl methyl sites for hydroxylation is 1. The molecule has 1 N–H and O–H groups in total. The third-order valence-electron chi connectivity index (χ3n) is 4.09. The van der Waals surface area contributed by atoms with Crippen molar-refractivity contribution in [3.8, 4) is 0 Å². The second-order valence-corrected chi connectivity index (χ2v) is 7.05. The molecule has 0 radical (unpaired) electrons. The van der Waals surface area contributed by atoms with E-state index in [0.29, 0.717) is 0 Å². The van der Waals surface area contributed by atoms with Crippen molar-refractivity contribution in [3.63, 3.8) is 0 Å². The Bertz CT molecular complexity index is 809. The third kappa shape index (κ3) is 3.43. The van der Waals surface area contributed by atoms with Crippen molar-refractivity contribution < 1.29 is 14.0 Å². The molecule has 1 aliphatic heterocycles. The minimum Gasteiger partial charge on any atom is -0.326 e. The van der Waals surface area contributed by atoms with E-state index >= 15 is 0 Å². The zero-order valence-electron chi connectivity index (χ0n) is 13.1. The van der Waals surface area contributed by atoms with E-state index in [0.717, 1.165) is 14.8 Å². The first-order valence-electron chi connectivity index (χ1n) is 7.57. The number of carbonyl (C=O) groups excluding carboxylic acids is 2. The Morgan fingerprint density at radius 3 is 2.75 bits per heavy atom. The molecule has 1 fully saturated rings. The van der Waals surface area contributed by atoms with Crippen LogP contribution in [0.4, 0.5) is 15.8 Å². The van der Waals surface area contributed by atoms with E-state index in [9.17, 15) is 14.0 Å². The topological polar surface area (TPSA) is 49.4 Å². The standard InChI is InChI=1S/C18H16FIN2O2/c1-11-8-13(20)6-7-15(11)21-18(24)12-9-17(23)22(10-12)16-5-3-2-4-14(16)19/h2-8,12H,9-10H2,1H3,(H,21,24). The van der Waals surface area contributed by atoms with Gasteiger partial charge in [0.25, 0.3) is 0 Å². The predicted octanol–water partition coefficient (Wildman–Crippen LogP) is 3.73. The van der Waals surface area contributed by atoms with Crippen LogP contribution in [-0.2, 0) is 9.59 Å². The van der Waals surface area contributed by atoms with Crippen molar-refractivity contribution in [2.75, 3.05) is 16.8 Å². The molecule has 24 heavy (non-hydrogen) atoms. The molecule has 6 heteroatoms. The number of anilines is 2. The van der Waals surface area contributed by atoms with E-state index in [1.54, 1.807) is 18.2 Å². The van der Waals surface area contributed by atoms with Crippen molar-refractivity contribution >= 4 is 45.8 Å². The number of para-hydroxylation sites is 1. The van der Waals surface area contributed by atoms with Gasteiger partial charge in [0.1, 0.15) is 5.82 Å². The lowest BCUT2D eigenvalue weighted by Crippen LogP contribution is -2.28. The minimum absolute atomic E-state index is 0.0869. The number of carbonyl (C=O) groups is 2. The predicted molar refractivity (Wildman–Crippen MR) is 99.4 cm³/mol. The second-order valence-electron chi connectivity index (χ2n) is 5.81. The van der Waals surface area contributed by atoms with E-state index in [2.05, 4.69) is 27.9 Å². The van der Waals surface area contributed by atoms with Gasteiger partial charge in [-0.05, 0) is 65.4 Å². The van der Waals surface area contributed by atoms with Crippen molar-refractivity contribution in [2.45, 2.75) is 13.3 Å². The van der Waals surface area contributed by atoms with Gasteiger partial charge in [-0.15, -0.1) is 0 Å². The van der Waals surface area contributed by atoms with Gasteiger partial charge in [-0.2, -0.15) is 0 Å². The quantitative estimate of drug-likeness (QED) is 0.743. The van der Waals surface area contributed by atoms with Gasteiger partial charge in [0.2, 0.25) is 11.8 Å². The van der Waals surface area contributed by atoms with Crippen molar-refractivity contribution in [1.29, 1.82) is 0 Å².